The lowest BCUT2D eigenvalue weighted by Gasteiger charge is -2.13. The van der Waals surface area contributed by atoms with Crippen molar-refractivity contribution >= 4 is 0 Å². The Morgan fingerprint density at radius 2 is 0.750 bits per heavy atom. The molecule has 6 nitrogen and oxygen atoms in total. The predicted octanol–water partition coefficient (Wildman–Crippen LogP) is 9.73. The normalized spacial score (nSPS) is 10.9. The SMILES string of the molecule is c1ccc(-c2nc(-c3ccccc3)nc(-c3cc(-c4ccc(-c5ccccn5)cc4)cc(-c4ccc(-c5cnccn5)cc4)c3)n2)cc1. The summed E-state index contributed by atoms with van der Waals surface area (Å²) < 4.78 is 0. The third-order valence-electron chi connectivity index (χ3n) is 8.15. The van der Waals surface area contributed by atoms with Crippen molar-refractivity contribution in [2.24, 2.45) is 0 Å². The molecule has 0 fully saturated rings. The van der Waals surface area contributed by atoms with Gasteiger partial charge in [-0.2, -0.15) is 0 Å². The molecule has 3 aromatic heterocycles. The molecule has 3 heterocycles. The van der Waals surface area contributed by atoms with Crippen LogP contribution in [0.25, 0.3) is 78.9 Å². The molecule has 0 spiro atoms. The van der Waals surface area contributed by atoms with Gasteiger partial charge >= 0.3 is 0 Å². The Morgan fingerprint density at radius 3 is 1.25 bits per heavy atom. The van der Waals surface area contributed by atoms with Crippen LogP contribution < -0.4 is 0 Å². The van der Waals surface area contributed by atoms with Crippen LogP contribution in [0.15, 0.2) is 170 Å². The molecule has 0 radical (unpaired) electrons. The maximum Gasteiger partial charge on any atom is 0.164 e. The van der Waals surface area contributed by atoms with Crippen LogP contribution in [0, 0.1) is 0 Å². The molecule has 0 aliphatic carbocycles. The fourth-order valence-electron chi connectivity index (χ4n) is 5.68. The maximum atomic E-state index is 5.03. The van der Waals surface area contributed by atoms with Crippen molar-refractivity contribution < 1.29 is 0 Å². The van der Waals surface area contributed by atoms with Gasteiger partial charge in [-0.1, -0.05) is 115 Å². The Balaban J connectivity index is 1.28. The fourth-order valence-corrected chi connectivity index (χ4v) is 5.68. The van der Waals surface area contributed by atoms with E-state index in [1.54, 1.807) is 18.6 Å². The van der Waals surface area contributed by atoms with Crippen LogP contribution in [-0.4, -0.2) is 29.9 Å². The molecule has 0 saturated carbocycles. The average molecular weight is 617 g/mol. The first-order valence-electron chi connectivity index (χ1n) is 15.7. The summed E-state index contributed by atoms with van der Waals surface area (Å²) >= 11 is 0. The molecule has 226 valence electrons. The van der Waals surface area contributed by atoms with E-state index in [0.717, 1.165) is 61.5 Å². The van der Waals surface area contributed by atoms with Crippen molar-refractivity contribution in [3.8, 4) is 78.9 Å². The molecule has 0 aliphatic heterocycles. The van der Waals surface area contributed by atoms with E-state index < -0.39 is 0 Å². The second kappa shape index (κ2) is 13.0. The van der Waals surface area contributed by atoms with Crippen LogP contribution in [0.4, 0.5) is 0 Å². The van der Waals surface area contributed by atoms with E-state index in [1.807, 2.05) is 85.1 Å². The minimum Gasteiger partial charge on any atom is -0.261 e. The van der Waals surface area contributed by atoms with Crippen molar-refractivity contribution in [3.05, 3.63) is 170 Å². The first kappa shape index (κ1) is 28.8. The largest absolute Gasteiger partial charge is 0.261 e. The van der Waals surface area contributed by atoms with E-state index in [9.17, 15) is 0 Å². The lowest BCUT2D eigenvalue weighted by molar-refractivity contribution is 1.07. The Kier molecular flexibility index (Phi) is 7.79. The van der Waals surface area contributed by atoms with E-state index in [2.05, 4.69) is 81.7 Å². The third kappa shape index (κ3) is 6.10. The van der Waals surface area contributed by atoms with Gasteiger partial charge in [-0.3, -0.25) is 15.0 Å². The number of hydrogen-bond donors (Lipinski definition) is 0. The zero-order valence-electron chi connectivity index (χ0n) is 25.8. The van der Waals surface area contributed by atoms with Crippen LogP contribution in [-0.2, 0) is 0 Å². The highest BCUT2D eigenvalue weighted by Crippen LogP contribution is 2.34. The van der Waals surface area contributed by atoms with Crippen molar-refractivity contribution in [3.63, 3.8) is 0 Å². The van der Waals surface area contributed by atoms with Gasteiger partial charge in [0.1, 0.15) is 0 Å². The average Bonchev–Trinajstić information content (AvgIpc) is 3.19. The lowest BCUT2D eigenvalue weighted by atomic mass is 9.94. The fraction of sp³-hybridized carbons (Fsp3) is 0. The first-order chi connectivity index (χ1) is 23.8. The molecule has 0 saturated heterocycles. The van der Waals surface area contributed by atoms with Gasteiger partial charge < -0.3 is 0 Å². The molecule has 0 N–H and O–H groups in total. The highest BCUT2D eigenvalue weighted by atomic mass is 15.0. The second-order valence-corrected chi connectivity index (χ2v) is 11.3. The van der Waals surface area contributed by atoms with Gasteiger partial charge in [0.15, 0.2) is 17.5 Å². The summed E-state index contributed by atoms with van der Waals surface area (Å²) in [5.41, 5.74) is 10.8. The molecule has 0 unspecified atom stereocenters. The molecule has 5 aromatic carbocycles. The van der Waals surface area contributed by atoms with E-state index in [-0.39, 0.29) is 0 Å². The first-order valence-corrected chi connectivity index (χ1v) is 15.7. The summed E-state index contributed by atoms with van der Waals surface area (Å²) in [7, 11) is 0. The molecular formula is C42H28N6. The Labute approximate surface area is 278 Å². The summed E-state index contributed by atoms with van der Waals surface area (Å²) in [5.74, 6) is 1.85. The second-order valence-electron chi connectivity index (χ2n) is 11.3. The molecule has 8 rings (SSSR count). The summed E-state index contributed by atoms with van der Waals surface area (Å²) in [6.07, 6.45) is 6.98. The minimum absolute atomic E-state index is 0.604. The molecule has 8 aromatic rings. The molecule has 0 aliphatic rings. The summed E-state index contributed by atoms with van der Waals surface area (Å²) in [4.78, 5) is 28.2. The molecule has 6 heteroatoms. The Hall–Kier alpha value is -6.66. The summed E-state index contributed by atoms with van der Waals surface area (Å²) in [6, 6.07) is 49.5. The lowest BCUT2D eigenvalue weighted by Crippen LogP contribution is -2.00. The molecule has 0 bridgehead atoms. The molecule has 0 atom stereocenters. The standard InChI is InChI=1S/C42H28N6/c1-3-9-33(10-4-1)40-46-41(34-11-5-2-6-12-34)48-42(47-40)37-26-35(29-14-18-31(19-15-29)38-13-7-8-22-44-38)25-36(27-37)30-16-20-32(21-17-30)39-28-43-23-24-45-39/h1-28H. The van der Waals surface area contributed by atoms with Crippen LogP contribution >= 0.6 is 0 Å². The zero-order chi connectivity index (χ0) is 32.1. The quantitative estimate of drug-likeness (QED) is 0.177. The monoisotopic (exact) mass is 616 g/mol. The summed E-state index contributed by atoms with van der Waals surface area (Å²) in [5, 5.41) is 0. The van der Waals surface area contributed by atoms with Gasteiger partial charge in [-0.15, -0.1) is 0 Å². The number of hydrogen-bond acceptors (Lipinski definition) is 6. The van der Waals surface area contributed by atoms with Gasteiger partial charge in [0, 0.05) is 46.4 Å². The smallest absolute Gasteiger partial charge is 0.164 e. The molecule has 48 heavy (non-hydrogen) atoms. The van der Waals surface area contributed by atoms with Crippen LogP contribution in [0.2, 0.25) is 0 Å². The van der Waals surface area contributed by atoms with Crippen LogP contribution in [0.3, 0.4) is 0 Å². The number of rotatable bonds is 7. The highest BCUT2D eigenvalue weighted by molar-refractivity contribution is 5.81. The number of pyridine rings is 1. The van der Waals surface area contributed by atoms with Crippen molar-refractivity contribution in [2.45, 2.75) is 0 Å². The van der Waals surface area contributed by atoms with Crippen LogP contribution in [0.1, 0.15) is 0 Å². The topological polar surface area (TPSA) is 77.3 Å². The molecule has 0 amide bonds. The zero-order valence-corrected chi connectivity index (χ0v) is 25.8. The van der Waals surface area contributed by atoms with Gasteiger partial charge in [-0.05, 0) is 52.6 Å². The molecular weight excluding hydrogens is 589 g/mol. The third-order valence-corrected chi connectivity index (χ3v) is 8.15. The van der Waals surface area contributed by atoms with Crippen LogP contribution in [0.5, 0.6) is 0 Å². The van der Waals surface area contributed by atoms with E-state index in [4.69, 9.17) is 15.0 Å². The highest BCUT2D eigenvalue weighted by Gasteiger charge is 2.15. The van der Waals surface area contributed by atoms with Crippen molar-refractivity contribution in [1.82, 2.24) is 29.9 Å². The van der Waals surface area contributed by atoms with Gasteiger partial charge in [0.25, 0.3) is 0 Å². The number of nitrogens with zero attached hydrogens (tertiary/aromatic N) is 6. The van der Waals surface area contributed by atoms with E-state index in [0.29, 0.717) is 17.5 Å². The van der Waals surface area contributed by atoms with Gasteiger partial charge in [-0.25, -0.2) is 15.0 Å². The predicted molar refractivity (Wildman–Crippen MR) is 191 cm³/mol. The van der Waals surface area contributed by atoms with Gasteiger partial charge in [0.05, 0.1) is 17.6 Å². The van der Waals surface area contributed by atoms with E-state index >= 15 is 0 Å². The number of aromatic nitrogens is 6. The minimum atomic E-state index is 0.604. The number of benzene rings is 5. The Bertz CT molecular complexity index is 2130. The maximum absolute atomic E-state index is 5.03. The van der Waals surface area contributed by atoms with Crippen molar-refractivity contribution in [1.29, 1.82) is 0 Å². The Morgan fingerprint density at radius 1 is 0.292 bits per heavy atom. The summed E-state index contributed by atoms with van der Waals surface area (Å²) in [6.45, 7) is 0. The van der Waals surface area contributed by atoms with E-state index in [1.165, 1.54) is 0 Å². The van der Waals surface area contributed by atoms with Gasteiger partial charge in [0.2, 0.25) is 0 Å². The van der Waals surface area contributed by atoms with Crippen molar-refractivity contribution in [2.75, 3.05) is 0 Å².